The van der Waals surface area contributed by atoms with Gasteiger partial charge in [-0.1, -0.05) is 52.3 Å². The molecule has 1 aromatic rings. The predicted octanol–water partition coefficient (Wildman–Crippen LogP) is 5.21. The first kappa shape index (κ1) is 22.0. The van der Waals surface area contributed by atoms with Crippen LogP contribution in [0.4, 0.5) is 0 Å². The standard InChI is InChI=1S/C10H12O2.C10H20O2/c1-3-4-8-5-6-9(11)10(7-8)12-2;1-7(2)5-6-9(8(3)4)10(11)12/h3-7,11H,1-2H3;7-9H,5-6H2,1-4H3,(H,11,12). The maximum Gasteiger partial charge on any atom is 0.306 e. The number of hydrogen-bond donors (Lipinski definition) is 2. The summed E-state index contributed by atoms with van der Waals surface area (Å²) < 4.78 is 4.95. The lowest BCUT2D eigenvalue weighted by molar-refractivity contribution is -0.143. The highest BCUT2D eigenvalue weighted by Crippen LogP contribution is 2.26. The Morgan fingerprint density at radius 3 is 2.25 bits per heavy atom. The predicted molar refractivity (Wildman–Crippen MR) is 99.4 cm³/mol. The number of allylic oxidation sites excluding steroid dienone is 1. The summed E-state index contributed by atoms with van der Waals surface area (Å²) in [5.74, 6) is 0.723. The third-order valence-electron chi connectivity index (χ3n) is 3.74. The molecule has 4 nitrogen and oxygen atoms in total. The largest absolute Gasteiger partial charge is 0.504 e. The number of carboxylic acids is 1. The molecule has 0 spiro atoms. The quantitative estimate of drug-likeness (QED) is 0.717. The fourth-order valence-electron chi connectivity index (χ4n) is 2.25. The van der Waals surface area contributed by atoms with Gasteiger partial charge in [0.1, 0.15) is 0 Å². The van der Waals surface area contributed by atoms with E-state index in [-0.39, 0.29) is 17.6 Å². The number of aromatic hydroxyl groups is 1. The molecule has 1 aromatic carbocycles. The first-order chi connectivity index (χ1) is 11.2. The van der Waals surface area contributed by atoms with Gasteiger partial charge in [-0.15, -0.1) is 0 Å². The number of aliphatic carboxylic acids is 1. The Morgan fingerprint density at radius 2 is 1.83 bits per heavy atom. The second kappa shape index (κ2) is 11.5. The third-order valence-corrected chi connectivity index (χ3v) is 3.74. The van der Waals surface area contributed by atoms with Crippen molar-refractivity contribution in [2.75, 3.05) is 7.11 Å². The van der Waals surface area contributed by atoms with Crippen LogP contribution in [0, 0.1) is 17.8 Å². The molecule has 0 aliphatic heterocycles. The minimum absolute atomic E-state index is 0.160. The molecule has 4 heteroatoms. The lowest BCUT2D eigenvalue weighted by atomic mass is 9.89. The number of phenols is 1. The zero-order valence-corrected chi connectivity index (χ0v) is 15.7. The summed E-state index contributed by atoms with van der Waals surface area (Å²) in [4.78, 5) is 10.8. The van der Waals surface area contributed by atoms with Gasteiger partial charge < -0.3 is 14.9 Å². The van der Waals surface area contributed by atoms with E-state index in [9.17, 15) is 9.90 Å². The van der Waals surface area contributed by atoms with Crippen LogP contribution in [-0.4, -0.2) is 23.3 Å². The highest BCUT2D eigenvalue weighted by Gasteiger charge is 2.20. The summed E-state index contributed by atoms with van der Waals surface area (Å²) in [5, 5.41) is 18.1. The Kier molecular flexibility index (Phi) is 10.6. The zero-order chi connectivity index (χ0) is 18.7. The van der Waals surface area contributed by atoms with E-state index in [0.717, 1.165) is 18.4 Å². The third kappa shape index (κ3) is 8.61. The second-order valence-corrected chi connectivity index (χ2v) is 6.59. The van der Waals surface area contributed by atoms with Crippen LogP contribution in [0.2, 0.25) is 0 Å². The van der Waals surface area contributed by atoms with E-state index in [2.05, 4.69) is 13.8 Å². The number of benzene rings is 1. The molecule has 0 saturated carbocycles. The first-order valence-corrected chi connectivity index (χ1v) is 8.45. The molecule has 0 aromatic heterocycles. The molecule has 0 aliphatic rings. The molecular weight excluding hydrogens is 304 g/mol. The van der Waals surface area contributed by atoms with E-state index >= 15 is 0 Å². The molecule has 0 bridgehead atoms. The number of carboxylic acid groups (broad SMARTS) is 1. The molecule has 0 saturated heterocycles. The normalized spacial score (nSPS) is 12.2. The van der Waals surface area contributed by atoms with Crippen molar-refractivity contribution in [3.05, 3.63) is 29.8 Å². The minimum Gasteiger partial charge on any atom is -0.504 e. The lowest BCUT2D eigenvalue weighted by Crippen LogP contribution is -2.20. The van der Waals surface area contributed by atoms with Crippen LogP contribution >= 0.6 is 0 Å². The van der Waals surface area contributed by atoms with E-state index < -0.39 is 5.97 Å². The van der Waals surface area contributed by atoms with Gasteiger partial charge in [0, 0.05) is 0 Å². The van der Waals surface area contributed by atoms with Crippen LogP contribution in [-0.2, 0) is 4.79 Å². The number of methoxy groups -OCH3 is 1. The van der Waals surface area contributed by atoms with Gasteiger partial charge in [-0.3, -0.25) is 4.79 Å². The number of phenolic OH excluding ortho intramolecular Hbond substituents is 1. The Hall–Kier alpha value is -1.97. The van der Waals surface area contributed by atoms with E-state index in [1.807, 2.05) is 39.0 Å². The molecule has 2 N–H and O–H groups in total. The number of ether oxygens (including phenoxy) is 1. The Bertz CT molecular complexity index is 518. The van der Waals surface area contributed by atoms with Gasteiger partial charge in [0.2, 0.25) is 0 Å². The molecule has 24 heavy (non-hydrogen) atoms. The van der Waals surface area contributed by atoms with Crippen LogP contribution in [0.15, 0.2) is 24.3 Å². The van der Waals surface area contributed by atoms with Crippen molar-refractivity contribution in [3.8, 4) is 11.5 Å². The molecule has 1 atom stereocenters. The maximum atomic E-state index is 10.8. The average molecular weight is 336 g/mol. The van der Waals surface area contributed by atoms with Crippen molar-refractivity contribution in [3.63, 3.8) is 0 Å². The maximum absolute atomic E-state index is 10.8. The smallest absolute Gasteiger partial charge is 0.306 e. The summed E-state index contributed by atoms with van der Waals surface area (Å²) in [6, 6.07) is 5.24. The number of carbonyl (C=O) groups is 1. The van der Waals surface area contributed by atoms with Crippen molar-refractivity contribution in [2.45, 2.75) is 47.5 Å². The van der Waals surface area contributed by atoms with Crippen LogP contribution in [0.3, 0.4) is 0 Å². The van der Waals surface area contributed by atoms with Crippen LogP contribution < -0.4 is 4.74 Å². The van der Waals surface area contributed by atoms with Gasteiger partial charge in [-0.05, 0) is 42.9 Å². The fraction of sp³-hybridized carbons (Fsp3) is 0.550. The van der Waals surface area contributed by atoms with Crippen molar-refractivity contribution in [1.29, 1.82) is 0 Å². The SMILES string of the molecule is CC(C)CCC(C(=O)O)C(C)C.CC=Cc1ccc(O)c(OC)c1. The highest BCUT2D eigenvalue weighted by atomic mass is 16.5. The highest BCUT2D eigenvalue weighted by molar-refractivity contribution is 5.70. The van der Waals surface area contributed by atoms with E-state index in [0.29, 0.717) is 11.7 Å². The van der Waals surface area contributed by atoms with E-state index in [1.165, 1.54) is 7.11 Å². The van der Waals surface area contributed by atoms with Gasteiger partial charge in [0.15, 0.2) is 11.5 Å². The average Bonchev–Trinajstić information content (AvgIpc) is 2.49. The van der Waals surface area contributed by atoms with Crippen molar-refractivity contribution < 1.29 is 19.7 Å². The molecular formula is C20H32O4. The summed E-state index contributed by atoms with van der Waals surface area (Å²) in [5.41, 5.74) is 1.02. The zero-order valence-electron chi connectivity index (χ0n) is 15.7. The molecule has 0 fully saturated rings. The fourth-order valence-corrected chi connectivity index (χ4v) is 2.25. The Balaban J connectivity index is 0.000000441. The minimum atomic E-state index is -0.648. The van der Waals surface area contributed by atoms with Crippen molar-refractivity contribution in [1.82, 2.24) is 0 Å². The second-order valence-electron chi connectivity index (χ2n) is 6.59. The molecule has 1 rings (SSSR count). The Morgan fingerprint density at radius 1 is 1.21 bits per heavy atom. The van der Waals surface area contributed by atoms with Crippen molar-refractivity contribution in [2.24, 2.45) is 17.8 Å². The van der Waals surface area contributed by atoms with E-state index in [1.54, 1.807) is 12.1 Å². The van der Waals surface area contributed by atoms with Gasteiger partial charge in [0.25, 0.3) is 0 Å². The monoisotopic (exact) mass is 336 g/mol. The lowest BCUT2D eigenvalue weighted by Gasteiger charge is -2.16. The topological polar surface area (TPSA) is 66.8 Å². The van der Waals surface area contributed by atoms with Crippen LogP contribution in [0.5, 0.6) is 11.5 Å². The van der Waals surface area contributed by atoms with Crippen LogP contribution in [0.25, 0.3) is 6.08 Å². The van der Waals surface area contributed by atoms with Crippen molar-refractivity contribution >= 4 is 12.0 Å². The molecule has 1 unspecified atom stereocenters. The summed E-state index contributed by atoms with van der Waals surface area (Å²) in [6.07, 6.45) is 5.70. The summed E-state index contributed by atoms with van der Waals surface area (Å²) in [6.45, 7) is 10.1. The molecule has 0 aliphatic carbocycles. The summed E-state index contributed by atoms with van der Waals surface area (Å²) in [7, 11) is 1.54. The van der Waals surface area contributed by atoms with E-state index in [4.69, 9.17) is 9.84 Å². The number of hydrogen-bond acceptors (Lipinski definition) is 3. The van der Waals surface area contributed by atoms with Gasteiger partial charge in [-0.2, -0.15) is 0 Å². The Labute approximate surface area is 146 Å². The number of rotatable bonds is 7. The van der Waals surface area contributed by atoms with Gasteiger partial charge in [0.05, 0.1) is 13.0 Å². The summed E-state index contributed by atoms with van der Waals surface area (Å²) >= 11 is 0. The first-order valence-electron chi connectivity index (χ1n) is 8.45. The molecule has 0 radical (unpaired) electrons. The van der Waals surface area contributed by atoms with Crippen LogP contribution in [0.1, 0.15) is 53.0 Å². The van der Waals surface area contributed by atoms with Gasteiger partial charge in [-0.25, -0.2) is 0 Å². The van der Waals surface area contributed by atoms with Gasteiger partial charge >= 0.3 is 5.97 Å². The molecule has 136 valence electrons. The molecule has 0 heterocycles. The molecule has 0 amide bonds.